The van der Waals surface area contributed by atoms with Crippen LogP contribution >= 0.6 is 11.3 Å². The number of hydrogen-bond donors (Lipinski definition) is 4. The zero-order chi connectivity index (χ0) is 24.0. The summed E-state index contributed by atoms with van der Waals surface area (Å²) in [4.78, 5) is 40.5. The van der Waals surface area contributed by atoms with Gasteiger partial charge in [0.2, 0.25) is 5.91 Å². The molecular formula is C23H30N4O5S. The minimum Gasteiger partial charge on any atom is -0.465 e. The minimum atomic E-state index is -0.980. The van der Waals surface area contributed by atoms with Gasteiger partial charge in [-0.25, -0.2) is 14.6 Å². The molecule has 33 heavy (non-hydrogen) atoms. The van der Waals surface area contributed by atoms with Gasteiger partial charge in [0.1, 0.15) is 0 Å². The molecule has 10 heteroatoms. The Morgan fingerprint density at radius 2 is 1.91 bits per heavy atom. The van der Waals surface area contributed by atoms with E-state index < -0.39 is 12.2 Å². The lowest BCUT2D eigenvalue weighted by Gasteiger charge is -2.27. The number of anilines is 2. The lowest BCUT2D eigenvalue weighted by molar-refractivity contribution is -0.115. The van der Waals surface area contributed by atoms with Crippen molar-refractivity contribution in [2.75, 3.05) is 10.6 Å². The van der Waals surface area contributed by atoms with E-state index in [1.54, 1.807) is 50.4 Å². The van der Waals surface area contributed by atoms with Gasteiger partial charge in [-0.1, -0.05) is 6.92 Å². The number of carbonyl (C=O) groups excluding carboxylic acids is 2. The van der Waals surface area contributed by atoms with Crippen molar-refractivity contribution >= 4 is 40.8 Å². The Balaban J connectivity index is 1.77. The summed E-state index contributed by atoms with van der Waals surface area (Å²) in [6, 6.07) is 5.32. The maximum absolute atomic E-state index is 12.1. The summed E-state index contributed by atoms with van der Waals surface area (Å²) in [7, 11) is 0. The third-order valence-electron chi connectivity index (χ3n) is 5.40. The van der Waals surface area contributed by atoms with E-state index in [-0.39, 0.29) is 24.0 Å². The van der Waals surface area contributed by atoms with Crippen LogP contribution in [0.1, 0.15) is 63.8 Å². The van der Waals surface area contributed by atoms with Crippen molar-refractivity contribution < 1.29 is 24.2 Å². The molecule has 0 atom stereocenters. The number of nitrogens with one attached hydrogen (secondary N) is 3. The molecule has 2 aromatic rings. The van der Waals surface area contributed by atoms with E-state index in [0.29, 0.717) is 17.8 Å². The summed E-state index contributed by atoms with van der Waals surface area (Å²) in [5.74, 6) is 0.156. The van der Waals surface area contributed by atoms with Gasteiger partial charge in [0, 0.05) is 35.8 Å². The molecule has 1 aromatic carbocycles. The molecule has 3 amide bonds. The van der Waals surface area contributed by atoms with Gasteiger partial charge in [0.05, 0.1) is 21.7 Å². The van der Waals surface area contributed by atoms with Crippen LogP contribution in [0, 0.1) is 0 Å². The molecule has 0 saturated heterocycles. The second-order valence-electron chi connectivity index (χ2n) is 8.30. The minimum absolute atomic E-state index is 0.00327. The maximum atomic E-state index is 12.1. The first-order valence-corrected chi connectivity index (χ1v) is 11.9. The topological polar surface area (TPSA) is 130 Å². The van der Waals surface area contributed by atoms with Crippen LogP contribution in [0.4, 0.5) is 21.0 Å². The van der Waals surface area contributed by atoms with Crippen molar-refractivity contribution in [3.63, 3.8) is 0 Å². The molecule has 1 aliphatic rings. The van der Waals surface area contributed by atoms with E-state index in [2.05, 4.69) is 20.9 Å². The molecule has 0 unspecified atom stereocenters. The van der Waals surface area contributed by atoms with Crippen molar-refractivity contribution in [1.29, 1.82) is 0 Å². The molecule has 4 N–H and O–H groups in total. The first-order chi connectivity index (χ1) is 15.7. The number of nitrogens with zero attached hydrogens (tertiary/aromatic N) is 1. The zero-order valence-corrected chi connectivity index (χ0v) is 19.8. The van der Waals surface area contributed by atoms with Gasteiger partial charge in [-0.05, 0) is 57.7 Å². The Bertz CT molecular complexity index is 998. The molecule has 178 valence electrons. The molecule has 0 aliphatic heterocycles. The third kappa shape index (κ3) is 6.92. The van der Waals surface area contributed by atoms with E-state index in [4.69, 9.17) is 9.84 Å². The predicted octanol–water partition coefficient (Wildman–Crippen LogP) is 5.41. The molecular weight excluding hydrogens is 444 g/mol. The smallest absolute Gasteiger partial charge is 0.411 e. The first-order valence-electron chi connectivity index (χ1n) is 11.1. The van der Waals surface area contributed by atoms with E-state index in [0.717, 1.165) is 41.1 Å². The molecule has 3 rings (SSSR count). The molecule has 9 nitrogen and oxygen atoms in total. The average Bonchev–Trinajstić information content (AvgIpc) is 3.23. The molecule has 1 aliphatic carbocycles. The number of hydrogen-bond acceptors (Lipinski definition) is 6. The van der Waals surface area contributed by atoms with Gasteiger partial charge in [-0.15, -0.1) is 11.3 Å². The number of benzene rings is 1. The fraction of sp³-hybridized carbons (Fsp3) is 0.478. The summed E-state index contributed by atoms with van der Waals surface area (Å²) in [6.07, 6.45) is 3.68. The van der Waals surface area contributed by atoms with Crippen molar-refractivity contribution in [3.05, 3.63) is 29.4 Å². The lowest BCUT2D eigenvalue weighted by atomic mass is 9.86. The van der Waals surface area contributed by atoms with Crippen molar-refractivity contribution in [3.8, 4) is 10.4 Å². The highest BCUT2D eigenvalue weighted by Gasteiger charge is 2.26. The fourth-order valence-electron chi connectivity index (χ4n) is 3.80. The number of carboxylic acid groups (broad SMARTS) is 1. The molecule has 1 fully saturated rings. The number of thiazole rings is 1. The Morgan fingerprint density at radius 3 is 2.55 bits per heavy atom. The highest BCUT2D eigenvalue weighted by Crippen LogP contribution is 2.40. The van der Waals surface area contributed by atoms with Crippen LogP contribution in [0.15, 0.2) is 24.4 Å². The second-order valence-corrected chi connectivity index (χ2v) is 9.36. The van der Waals surface area contributed by atoms with Crippen LogP contribution in [0.25, 0.3) is 10.4 Å². The summed E-state index contributed by atoms with van der Waals surface area (Å²) in [5.41, 5.74) is 1.93. The van der Waals surface area contributed by atoms with E-state index in [1.807, 2.05) is 6.07 Å². The van der Waals surface area contributed by atoms with E-state index in [9.17, 15) is 14.4 Å². The van der Waals surface area contributed by atoms with Crippen LogP contribution < -0.4 is 16.0 Å². The van der Waals surface area contributed by atoms with Crippen molar-refractivity contribution in [1.82, 2.24) is 10.3 Å². The quantitative estimate of drug-likeness (QED) is 0.425. The Kier molecular flexibility index (Phi) is 8.26. The van der Waals surface area contributed by atoms with Crippen LogP contribution in [-0.2, 0) is 9.53 Å². The van der Waals surface area contributed by atoms with Gasteiger partial charge in [-0.3, -0.25) is 10.1 Å². The standard InChI is InChI=1S/C23H30N4O5S/c1-4-20(28)27-18-11-16(26-23(31)32-13(2)3)9-10-17(18)19-12-24-21(33-19)14-5-7-15(8-6-14)25-22(29)30/h9-15,25H,4-8H2,1-3H3,(H,26,31)(H,27,28)(H,29,30)/t14-,15-. The summed E-state index contributed by atoms with van der Waals surface area (Å²) < 4.78 is 5.13. The predicted molar refractivity (Wildman–Crippen MR) is 128 cm³/mol. The third-order valence-corrected chi connectivity index (χ3v) is 6.59. The average molecular weight is 475 g/mol. The zero-order valence-electron chi connectivity index (χ0n) is 19.0. The number of rotatable bonds is 7. The van der Waals surface area contributed by atoms with E-state index >= 15 is 0 Å². The van der Waals surface area contributed by atoms with Gasteiger partial charge in [-0.2, -0.15) is 0 Å². The molecule has 0 spiro atoms. The molecule has 0 bridgehead atoms. The molecule has 1 heterocycles. The molecule has 1 aromatic heterocycles. The van der Waals surface area contributed by atoms with Crippen molar-refractivity contribution in [2.45, 2.75) is 70.9 Å². The van der Waals surface area contributed by atoms with Gasteiger partial charge < -0.3 is 20.5 Å². The normalized spacial score (nSPS) is 17.9. The second kappa shape index (κ2) is 11.1. The number of carbonyl (C=O) groups is 3. The number of amides is 3. The summed E-state index contributed by atoms with van der Waals surface area (Å²) in [6.45, 7) is 5.32. The maximum Gasteiger partial charge on any atom is 0.411 e. The number of ether oxygens (including phenoxy) is 1. The highest BCUT2D eigenvalue weighted by molar-refractivity contribution is 7.15. The fourth-order valence-corrected chi connectivity index (χ4v) is 4.93. The van der Waals surface area contributed by atoms with Crippen molar-refractivity contribution in [2.24, 2.45) is 0 Å². The van der Waals surface area contributed by atoms with Crippen LogP contribution in [0.2, 0.25) is 0 Å². The van der Waals surface area contributed by atoms with Gasteiger partial charge >= 0.3 is 12.2 Å². The Morgan fingerprint density at radius 1 is 1.18 bits per heavy atom. The van der Waals surface area contributed by atoms with Crippen LogP contribution in [-0.4, -0.2) is 40.3 Å². The van der Waals surface area contributed by atoms with Gasteiger partial charge in [0.15, 0.2) is 0 Å². The SMILES string of the molecule is CCC(=O)Nc1cc(NC(=O)OC(C)C)ccc1-c1cnc([C@H]2CC[C@H](NC(=O)O)CC2)s1. The molecule has 1 saturated carbocycles. The monoisotopic (exact) mass is 474 g/mol. The van der Waals surface area contributed by atoms with Crippen LogP contribution in [0.3, 0.4) is 0 Å². The van der Waals surface area contributed by atoms with Gasteiger partial charge in [0.25, 0.3) is 0 Å². The largest absolute Gasteiger partial charge is 0.465 e. The summed E-state index contributed by atoms with van der Waals surface area (Å²) in [5, 5.41) is 18.1. The van der Waals surface area contributed by atoms with E-state index in [1.165, 1.54) is 0 Å². The lowest BCUT2D eigenvalue weighted by Crippen LogP contribution is -2.36. The molecule has 0 radical (unpaired) electrons. The first kappa shape index (κ1) is 24.5. The number of aromatic nitrogens is 1. The Labute approximate surface area is 196 Å². The highest BCUT2D eigenvalue weighted by atomic mass is 32.1. The summed E-state index contributed by atoms with van der Waals surface area (Å²) >= 11 is 1.57. The van der Waals surface area contributed by atoms with Crippen LogP contribution in [0.5, 0.6) is 0 Å². The Hall–Kier alpha value is -3.14.